The monoisotopic (exact) mass is 483 g/mol. The van der Waals surface area contributed by atoms with Gasteiger partial charge in [-0.15, -0.1) is 0 Å². The number of aryl methyl sites for hydroxylation is 1. The van der Waals surface area contributed by atoms with Gasteiger partial charge in [0.15, 0.2) is 0 Å². The van der Waals surface area contributed by atoms with E-state index in [0.29, 0.717) is 30.7 Å². The molecule has 3 aliphatic rings. The van der Waals surface area contributed by atoms with Crippen LogP contribution in [0.4, 0.5) is 9.59 Å². The second-order valence-corrected chi connectivity index (χ2v) is 11.2. The Balaban J connectivity index is 1.39. The number of rotatable bonds is 6. The molecular weight excluding hydrogens is 450 g/mol. The zero-order valence-electron chi connectivity index (χ0n) is 20.6. The Bertz CT molecular complexity index is 1070. The zero-order chi connectivity index (χ0) is 25.6. The Hall–Kier alpha value is -3.43. The van der Waals surface area contributed by atoms with E-state index in [4.69, 9.17) is 0 Å². The van der Waals surface area contributed by atoms with Crippen molar-refractivity contribution in [3.05, 3.63) is 35.9 Å². The smallest absolute Gasteiger partial charge is 0.323 e. The molecule has 1 aromatic carbocycles. The third-order valence-corrected chi connectivity index (χ3v) is 7.18. The van der Waals surface area contributed by atoms with Crippen LogP contribution in [-0.2, 0) is 20.8 Å². The summed E-state index contributed by atoms with van der Waals surface area (Å²) in [5.74, 6) is -1.61. The van der Waals surface area contributed by atoms with Gasteiger partial charge in [-0.25, -0.2) is 9.59 Å². The van der Waals surface area contributed by atoms with Gasteiger partial charge in [0, 0.05) is 0 Å². The topological polar surface area (TPSA) is 128 Å². The molecule has 1 aromatic rings. The molecule has 2 heterocycles. The van der Waals surface area contributed by atoms with E-state index >= 15 is 0 Å². The number of benzene rings is 1. The maximum atomic E-state index is 13.3. The van der Waals surface area contributed by atoms with Crippen molar-refractivity contribution < 1.29 is 24.0 Å². The second-order valence-electron chi connectivity index (χ2n) is 11.2. The fourth-order valence-corrected chi connectivity index (χ4v) is 5.95. The van der Waals surface area contributed by atoms with Crippen LogP contribution in [0.15, 0.2) is 30.3 Å². The molecule has 0 aromatic heterocycles. The van der Waals surface area contributed by atoms with Crippen LogP contribution in [0.25, 0.3) is 0 Å². The predicted octanol–water partition coefficient (Wildman–Crippen LogP) is 2.10. The SMILES string of the molecule is CC1CC(C)(C)CC2(C1)NC(=O)N(CC(=O)NN1C(=O)NC(C)(CCc3ccccc3)C1=O)C2=O. The van der Waals surface area contributed by atoms with E-state index in [-0.39, 0.29) is 11.3 Å². The minimum atomic E-state index is -1.19. The van der Waals surface area contributed by atoms with Crippen LogP contribution >= 0.6 is 0 Å². The van der Waals surface area contributed by atoms with Crippen LogP contribution in [-0.4, -0.2) is 57.3 Å². The van der Waals surface area contributed by atoms with Gasteiger partial charge in [-0.05, 0) is 55.9 Å². The Kier molecular flexibility index (Phi) is 6.11. The van der Waals surface area contributed by atoms with Gasteiger partial charge in [0.1, 0.15) is 17.6 Å². The Labute approximate surface area is 204 Å². The highest BCUT2D eigenvalue weighted by atomic mass is 16.2. The molecule has 1 saturated carbocycles. The summed E-state index contributed by atoms with van der Waals surface area (Å²) in [5.41, 5.74) is 0.941. The first-order valence-electron chi connectivity index (χ1n) is 12.0. The lowest BCUT2D eigenvalue weighted by molar-refractivity contribution is -0.141. The molecule has 10 nitrogen and oxygen atoms in total. The Morgan fingerprint density at radius 2 is 1.69 bits per heavy atom. The number of nitrogens with zero attached hydrogens (tertiary/aromatic N) is 2. The fraction of sp³-hybridized carbons (Fsp3) is 0.560. The molecular formula is C25H33N5O5. The predicted molar refractivity (Wildman–Crippen MR) is 126 cm³/mol. The van der Waals surface area contributed by atoms with E-state index in [2.05, 4.69) is 29.9 Å². The standard InChI is InChI=1S/C25H33N5O5/c1-16-12-23(2,3)15-25(13-16)20(33)29(21(34)27-25)14-18(31)28-30-19(32)24(4,26-22(30)35)11-10-17-8-6-5-7-9-17/h5-9,16H,10-15H2,1-4H3,(H,26,35)(H,27,34)(H,28,31). The van der Waals surface area contributed by atoms with Gasteiger partial charge in [-0.3, -0.25) is 24.7 Å². The maximum Gasteiger partial charge on any atom is 0.344 e. The minimum absolute atomic E-state index is 0.136. The molecule has 2 aliphatic heterocycles. The summed E-state index contributed by atoms with van der Waals surface area (Å²) in [6.07, 6.45) is 2.83. The number of nitrogens with one attached hydrogen (secondary N) is 3. The molecule has 0 radical (unpaired) electrons. The van der Waals surface area contributed by atoms with Crippen molar-refractivity contribution in [3.63, 3.8) is 0 Å². The number of hydrogen-bond acceptors (Lipinski definition) is 5. The summed E-state index contributed by atoms with van der Waals surface area (Å²) in [7, 11) is 0. The fourth-order valence-electron chi connectivity index (χ4n) is 5.95. The number of amides is 7. The van der Waals surface area contributed by atoms with Gasteiger partial charge in [0.2, 0.25) is 0 Å². The quantitative estimate of drug-likeness (QED) is 0.534. The normalized spacial score (nSPS) is 30.0. The van der Waals surface area contributed by atoms with Crippen LogP contribution in [0.2, 0.25) is 0 Å². The first-order chi connectivity index (χ1) is 16.3. The molecule has 1 spiro atoms. The van der Waals surface area contributed by atoms with E-state index in [1.54, 1.807) is 6.92 Å². The third-order valence-electron chi connectivity index (χ3n) is 7.18. The molecule has 3 N–H and O–H groups in total. The highest BCUT2D eigenvalue weighted by Crippen LogP contribution is 2.46. The first-order valence-corrected chi connectivity index (χ1v) is 12.0. The van der Waals surface area contributed by atoms with Crippen LogP contribution in [0, 0.1) is 11.3 Å². The summed E-state index contributed by atoms with van der Waals surface area (Å²) in [6, 6.07) is 8.16. The van der Waals surface area contributed by atoms with Crippen LogP contribution < -0.4 is 16.1 Å². The van der Waals surface area contributed by atoms with Crippen LogP contribution in [0.5, 0.6) is 0 Å². The number of hydrazine groups is 1. The summed E-state index contributed by atoms with van der Waals surface area (Å²) in [5, 5.41) is 6.09. The molecule has 7 amide bonds. The number of carbonyl (C=O) groups is 5. The van der Waals surface area contributed by atoms with Crippen molar-refractivity contribution in [1.82, 2.24) is 26.0 Å². The van der Waals surface area contributed by atoms with Gasteiger partial charge in [-0.1, -0.05) is 51.1 Å². The molecule has 2 saturated heterocycles. The Morgan fingerprint density at radius 3 is 2.34 bits per heavy atom. The lowest BCUT2D eigenvalue weighted by atomic mass is 9.64. The van der Waals surface area contributed by atoms with E-state index in [1.807, 2.05) is 37.3 Å². The van der Waals surface area contributed by atoms with E-state index in [1.165, 1.54) is 0 Å². The molecule has 3 fully saturated rings. The molecule has 4 rings (SSSR count). The molecule has 3 unspecified atom stereocenters. The summed E-state index contributed by atoms with van der Waals surface area (Å²) >= 11 is 0. The molecule has 1 aliphatic carbocycles. The molecule has 3 atom stereocenters. The number of urea groups is 2. The maximum absolute atomic E-state index is 13.3. The van der Waals surface area contributed by atoms with Crippen molar-refractivity contribution in [2.75, 3.05) is 6.54 Å². The lowest BCUT2D eigenvalue weighted by Gasteiger charge is -2.43. The lowest BCUT2D eigenvalue weighted by Crippen LogP contribution is -2.55. The Morgan fingerprint density at radius 1 is 1.00 bits per heavy atom. The van der Waals surface area contributed by atoms with Crippen molar-refractivity contribution >= 4 is 29.8 Å². The van der Waals surface area contributed by atoms with Gasteiger partial charge in [-0.2, -0.15) is 5.01 Å². The number of carbonyl (C=O) groups excluding carboxylic acids is 5. The summed E-state index contributed by atoms with van der Waals surface area (Å²) in [4.78, 5) is 65.0. The molecule has 188 valence electrons. The average Bonchev–Trinajstić information content (AvgIpc) is 3.10. The largest absolute Gasteiger partial charge is 0.344 e. The van der Waals surface area contributed by atoms with Crippen molar-refractivity contribution in [2.45, 2.75) is 70.9 Å². The highest BCUT2D eigenvalue weighted by molar-refractivity contribution is 6.10. The van der Waals surface area contributed by atoms with Gasteiger partial charge >= 0.3 is 12.1 Å². The van der Waals surface area contributed by atoms with E-state index < -0.39 is 47.4 Å². The first kappa shape index (κ1) is 24.7. The average molecular weight is 484 g/mol. The highest BCUT2D eigenvalue weighted by Gasteiger charge is 2.56. The van der Waals surface area contributed by atoms with Crippen LogP contribution in [0.3, 0.4) is 0 Å². The van der Waals surface area contributed by atoms with E-state index in [9.17, 15) is 24.0 Å². The van der Waals surface area contributed by atoms with Crippen molar-refractivity contribution in [2.24, 2.45) is 11.3 Å². The number of imide groups is 2. The van der Waals surface area contributed by atoms with E-state index in [0.717, 1.165) is 16.9 Å². The number of hydrogen-bond donors (Lipinski definition) is 3. The van der Waals surface area contributed by atoms with Gasteiger partial charge in [0.25, 0.3) is 17.7 Å². The second kappa shape index (κ2) is 8.66. The molecule has 35 heavy (non-hydrogen) atoms. The van der Waals surface area contributed by atoms with Crippen LogP contribution in [0.1, 0.15) is 58.9 Å². The van der Waals surface area contributed by atoms with Crippen molar-refractivity contribution in [3.8, 4) is 0 Å². The zero-order valence-corrected chi connectivity index (χ0v) is 20.6. The molecule has 0 bridgehead atoms. The minimum Gasteiger partial charge on any atom is -0.323 e. The van der Waals surface area contributed by atoms with Crippen molar-refractivity contribution in [1.29, 1.82) is 0 Å². The third kappa shape index (κ3) is 4.74. The summed E-state index contributed by atoms with van der Waals surface area (Å²) in [6.45, 7) is 7.19. The van der Waals surface area contributed by atoms with Gasteiger partial charge < -0.3 is 10.6 Å². The molecule has 10 heteroatoms. The van der Waals surface area contributed by atoms with Gasteiger partial charge in [0.05, 0.1) is 0 Å². The summed E-state index contributed by atoms with van der Waals surface area (Å²) < 4.78 is 0.